The molecule has 0 heterocycles. The minimum atomic E-state index is -0.527. The predicted octanol–water partition coefficient (Wildman–Crippen LogP) is 3.79. The molecule has 1 nitrogen and oxygen atoms in total. The third-order valence-electron chi connectivity index (χ3n) is 3.47. The molecule has 0 aliphatic heterocycles. The molecule has 1 fully saturated rings. The van der Waals surface area contributed by atoms with Crippen LogP contribution in [0.1, 0.15) is 46.5 Å². The molecule has 1 N–H and O–H groups in total. The smallest absolute Gasteiger partial charge is 0.0156 e. The second kappa shape index (κ2) is 4.67. The molecular weight excluding hydrogens is 202 g/mol. The highest BCUT2D eigenvalue weighted by molar-refractivity contribution is 8.30. The lowest BCUT2D eigenvalue weighted by molar-refractivity contribution is 0.167. The van der Waals surface area contributed by atoms with Crippen molar-refractivity contribution >= 4 is 10.2 Å². The van der Waals surface area contributed by atoms with E-state index in [2.05, 4.69) is 44.3 Å². The highest BCUT2D eigenvalue weighted by Crippen LogP contribution is 2.40. The molecule has 0 aromatic heterocycles. The van der Waals surface area contributed by atoms with Crippen LogP contribution in [0.5, 0.6) is 0 Å². The second-order valence-corrected chi connectivity index (χ2v) is 10.8. The molecule has 0 radical (unpaired) electrons. The molecule has 1 aliphatic carbocycles. The van der Waals surface area contributed by atoms with Crippen molar-refractivity contribution in [3.8, 4) is 0 Å². The molecule has 92 valence electrons. The first-order valence-corrected chi connectivity index (χ1v) is 9.00. The number of hydrogen-bond acceptors (Lipinski definition) is 1. The van der Waals surface area contributed by atoms with E-state index in [1.807, 2.05) is 0 Å². The van der Waals surface area contributed by atoms with Crippen molar-refractivity contribution in [3.05, 3.63) is 0 Å². The summed E-state index contributed by atoms with van der Waals surface area (Å²) in [6, 6.07) is 0.790. The molecule has 0 amide bonds. The Balaban J connectivity index is 2.37. The van der Waals surface area contributed by atoms with Gasteiger partial charge in [0, 0.05) is 6.04 Å². The van der Waals surface area contributed by atoms with Crippen LogP contribution in [0, 0.1) is 11.3 Å². The zero-order valence-electron chi connectivity index (χ0n) is 11.4. The normalized spacial score (nSPS) is 30.3. The Kier molecular flexibility index (Phi) is 4.16. The van der Waals surface area contributed by atoms with Crippen LogP contribution < -0.4 is 4.72 Å². The van der Waals surface area contributed by atoms with E-state index in [0.29, 0.717) is 5.41 Å². The van der Waals surface area contributed by atoms with Gasteiger partial charge in [0.2, 0.25) is 0 Å². The molecule has 0 unspecified atom stereocenters. The van der Waals surface area contributed by atoms with E-state index in [1.165, 1.54) is 25.7 Å². The number of hydrogen-bond donors (Lipinski definition) is 1. The summed E-state index contributed by atoms with van der Waals surface area (Å²) in [4.78, 5) is 0. The van der Waals surface area contributed by atoms with Gasteiger partial charge in [-0.05, 0) is 55.8 Å². The van der Waals surface area contributed by atoms with Crippen LogP contribution in [0.15, 0.2) is 0 Å². The Hall–Kier alpha value is 0.310. The molecule has 0 aromatic rings. The van der Waals surface area contributed by atoms with Crippen LogP contribution in [0.4, 0.5) is 0 Å². The number of rotatable bonds is 2. The molecule has 2 heteroatoms. The summed E-state index contributed by atoms with van der Waals surface area (Å²) >= 11 is 0. The van der Waals surface area contributed by atoms with E-state index in [9.17, 15) is 0 Å². The van der Waals surface area contributed by atoms with E-state index in [4.69, 9.17) is 0 Å². The molecule has 1 rings (SSSR count). The van der Waals surface area contributed by atoms with E-state index in [-0.39, 0.29) is 0 Å². The van der Waals surface area contributed by atoms with Gasteiger partial charge < -0.3 is 0 Å². The first-order valence-electron chi connectivity index (χ1n) is 6.14. The molecular formula is C13H29NS. The third kappa shape index (κ3) is 4.78. The minimum Gasteiger partial charge on any atom is -0.278 e. The lowest BCUT2D eigenvalue weighted by atomic mass is 9.71. The van der Waals surface area contributed by atoms with Crippen molar-refractivity contribution in [2.24, 2.45) is 11.3 Å². The van der Waals surface area contributed by atoms with Crippen molar-refractivity contribution in [2.75, 3.05) is 18.8 Å². The first-order chi connectivity index (χ1) is 6.68. The molecule has 0 atom stereocenters. The Morgan fingerprint density at radius 1 is 0.933 bits per heavy atom. The zero-order chi connectivity index (χ0) is 11.7. The van der Waals surface area contributed by atoms with Crippen LogP contribution in [0.3, 0.4) is 0 Å². The first kappa shape index (κ1) is 13.4. The minimum absolute atomic E-state index is 0.513. The Morgan fingerprint density at radius 3 is 1.73 bits per heavy atom. The fraction of sp³-hybridized carbons (Fsp3) is 1.00. The highest BCUT2D eigenvalue weighted by Gasteiger charge is 2.30. The Bertz CT molecular complexity index is 192. The molecule has 0 saturated heterocycles. The van der Waals surface area contributed by atoms with Crippen molar-refractivity contribution in [2.45, 2.75) is 52.5 Å². The second-order valence-electron chi connectivity index (χ2n) is 6.87. The van der Waals surface area contributed by atoms with Crippen LogP contribution in [-0.2, 0) is 0 Å². The maximum absolute atomic E-state index is 3.81. The monoisotopic (exact) mass is 231 g/mol. The standard InChI is InChI=1S/C13H29NS/c1-13(2,3)11-7-9-12(10-8-11)14-15(4,5)6/h11-12,14H,7-10H2,1-6H3. The van der Waals surface area contributed by atoms with Crippen molar-refractivity contribution in [3.63, 3.8) is 0 Å². The van der Waals surface area contributed by atoms with Crippen LogP contribution in [0.2, 0.25) is 0 Å². The van der Waals surface area contributed by atoms with Crippen LogP contribution >= 0.6 is 10.2 Å². The molecule has 0 aromatic carbocycles. The van der Waals surface area contributed by atoms with Gasteiger partial charge in [0.05, 0.1) is 0 Å². The fourth-order valence-corrected chi connectivity index (χ4v) is 3.81. The average molecular weight is 231 g/mol. The highest BCUT2D eigenvalue weighted by atomic mass is 32.3. The van der Waals surface area contributed by atoms with Crippen molar-refractivity contribution < 1.29 is 0 Å². The lowest BCUT2D eigenvalue weighted by Gasteiger charge is -2.40. The van der Waals surface area contributed by atoms with E-state index < -0.39 is 10.2 Å². The molecule has 1 saturated carbocycles. The zero-order valence-corrected chi connectivity index (χ0v) is 12.2. The Morgan fingerprint density at radius 2 is 1.40 bits per heavy atom. The van der Waals surface area contributed by atoms with Crippen molar-refractivity contribution in [1.82, 2.24) is 4.72 Å². The molecule has 1 aliphatic rings. The fourth-order valence-electron chi connectivity index (χ4n) is 2.58. The van der Waals surface area contributed by atoms with Gasteiger partial charge in [-0.25, -0.2) is 0 Å². The summed E-state index contributed by atoms with van der Waals surface area (Å²) in [7, 11) is -0.527. The summed E-state index contributed by atoms with van der Waals surface area (Å²) < 4.78 is 3.81. The van der Waals surface area contributed by atoms with Gasteiger partial charge in [-0.3, -0.25) is 4.72 Å². The molecule has 0 bridgehead atoms. The number of nitrogens with one attached hydrogen (secondary N) is 1. The Labute approximate surface area is 97.9 Å². The van der Waals surface area contributed by atoms with Crippen LogP contribution in [0.25, 0.3) is 0 Å². The SMILES string of the molecule is CC(C)(C)C1CCC(NS(C)(C)C)CC1. The largest absolute Gasteiger partial charge is 0.278 e. The van der Waals surface area contributed by atoms with Gasteiger partial charge in [0.15, 0.2) is 0 Å². The summed E-state index contributed by atoms with van der Waals surface area (Å²) in [6.45, 7) is 7.17. The van der Waals surface area contributed by atoms with Gasteiger partial charge in [0.1, 0.15) is 0 Å². The lowest BCUT2D eigenvalue weighted by Crippen LogP contribution is -2.36. The average Bonchev–Trinajstić information content (AvgIpc) is 2.00. The van der Waals surface area contributed by atoms with E-state index in [1.54, 1.807) is 0 Å². The maximum atomic E-state index is 3.81. The summed E-state index contributed by atoms with van der Waals surface area (Å²) in [5.74, 6) is 0.936. The van der Waals surface area contributed by atoms with Gasteiger partial charge in [0.25, 0.3) is 0 Å². The predicted molar refractivity (Wildman–Crippen MR) is 73.7 cm³/mol. The van der Waals surface area contributed by atoms with Gasteiger partial charge >= 0.3 is 0 Å². The third-order valence-corrected chi connectivity index (χ3v) is 4.51. The van der Waals surface area contributed by atoms with Gasteiger partial charge in [-0.2, -0.15) is 10.2 Å². The van der Waals surface area contributed by atoms with Gasteiger partial charge in [-0.15, -0.1) is 0 Å². The molecule has 0 spiro atoms. The summed E-state index contributed by atoms with van der Waals surface area (Å²) in [6.07, 6.45) is 12.6. The maximum Gasteiger partial charge on any atom is 0.0156 e. The van der Waals surface area contributed by atoms with Crippen LogP contribution in [-0.4, -0.2) is 24.8 Å². The van der Waals surface area contributed by atoms with E-state index in [0.717, 1.165) is 12.0 Å². The van der Waals surface area contributed by atoms with Gasteiger partial charge in [-0.1, -0.05) is 20.8 Å². The summed E-state index contributed by atoms with van der Waals surface area (Å²) in [5, 5.41) is 0. The van der Waals surface area contributed by atoms with Crippen molar-refractivity contribution in [1.29, 1.82) is 0 Å². The quantitative estimate of drug-likeness (QED) is 0.762. The molecule has 15 heavy (non-hydrogen) atoms. The van der Waals surface area contributed by atoms with E-state index >= 15 is 0 Å². The topological polar surface area (TPSA) is 12.0 Å². The summed E-state index contributed by atoms with van der Waals surface area (Å²) in [5.41, 5.74) is 0.513.